The van der Waals surface area contributed by atoms with Gasteiger partial charge in [0.25, 0.3) is 0 Å². The third kappa shape index (κ3) is 13.7. The molecule has 76 valence electrons. The zero-order valence-corrected chi connectivity index (χ0v) is 9.41. The molecule has 0 amide bonds. The highest BCUT2D eigenvalue weighted by Gasteiger charge is 1.95. The zero-order valence-electron chi connectivity index (χ0n) is 6.39. The summed E-state index contributed by atoms with van der Waals surface area (Å²) in [7, 11) is 0. The smallest absolute Gasteiger partial charge is 0.0810 e. The van der Waals surface area contributed by atoms with Crippen molar-refractivity contribution in [1.29, 1.82) is 0 Å². The van der Waals surface area contributed by atoms with E-state index < -0.39 is 6.10 Å². The van der Waals surface area contributed by atoms with Crippen molar-refractivity contribution < 1.29 is 10.2 Å². The molecule has 0 saturated heterocycles. The fourth-order valence-electron chi connectivity index (χ4n) is 0.0900. The highest BCUT2D eigenvalue weighted by molar-refractivity contribution is 6.28. The molecule has 0 aliphatic heterocycles. The zero-order chi connectivity index (χ0) is 9.98. The minimum Gasteiger partial charge on any atom is -0.395 e. The van der Waals surface area contributed by atoms with Crippen molar-refractivity contribution in [3.05, 3.63) is 0 Å². The minimum absolute atomic E-state index is 0.0367. The van der Waals surface area contributed by atoms with Gasteiger partial charge in [0.2, 0.25) is 0 Å². The normalized spacial score (nSPS) is 12.2. The van der Waals surface area contributed by atoms with Gasteiger partial charge in [-0.2, -0.15) is 0 Å². The number of hydrogen-bond donors (Lipinski definition) is 2. The van der Waals surface area contributed by atoms with Gasteiger partial charge in [-0.3, -0.25) is 0 Å². The first-order chi connectivity index (χ1) is 5.62. The van der Waals surface area contributed by atoms with Crippen LogP contribution < -0.4 is 0 Å². The van der Waals surface area contributed by atoms with Crippen LogP contribution in [-0.4, -0.2) is 45.9 Å². The Morgan fingerprint density at radius 1 is 1.00 bits per heavy atom. The molecule has 12 heavy (non-hydrogen) atoms. The minimum atomic E-state index is -0.534. The molecule has 0 aromatic rings. The van der Waals surface area contributed by atoms with Crippen LogP contribution in [0.2, 0.25) is 0 Å². The largest absolute Gasteiger partial charge is 0.395 e. The molecule has 0 aliphatic rings. The second-order valence-electron chi connectivity index (χ2n) is 1.90. The molecule has 0 aromatic heterocycles. The Morgan fingerprint density at radius 3 is 1.42 bits per heavy atom. The molecule has 0 aliphatic carbocycles. The summed E-state index contributed by atoms with van der Waals surface area (Å²) in [5.74, 6) is 0.769. The lowest BCUT2D eigenvalue weighted by Gasteiger charge is -1.94. The third-order valence-corrected chi connectivity index (χ3v) is 2.26. The second-order valence-corrected chi connectivity index (χ2v) is 3.44. The van der Waals surface area contributed by atoms with E-state index in [0.717, 1.165) is 0 Å². The molecule has 2 nitrogen and oxygen atoms in total. The molecule has 0 bridgehead atoms. The van der Waals surface area contributed by atoms with Gasteiger partial charge >= 0.3 is 0 Å². The van der Waals surface area contributed by atoms with Gasteiger partial charge in [0.1, 0.15) is 0 Å². The average Bonchev–Trinajstić information content (AvgIpc) is 2.16. The summed E-state index contributed by atoms with van der Waals surface area (Å²) < 4.78 is 0. The van der Waals surface area contributed by atoms with Gasteiger partial charge in [-0.15, -0.1) is 46.4 Å². The first-order valence-corrected chi connectivity index (χ1v) is 5.27. The summed E-state index contributed by atoms with van der Waals surface area (Å²) in [5, 5.41) is 16.2. The molecule has 0 saturated carbocycles. The van der Waals surface area contributed by atoms with Gasteiger partial charge in [-0.05, 0) is 0 Å². The standard InChI is InChI=1S/2C3H6Cl2O/c4-1-3(5)2-6;4-1-3(6)2-5/h2*3,6H,1-2H2. The Bertz CT molecular complexity index is 65.9. The topological polar surface area (TPSA) is 40.5 Å². The van der Waals surface area contributed by atoms with Crippen LogP contribution in [0.5, 0.6) is 0 Å². The summed E-state index contributed by atoms with van der Waals surface area (Å²) in [6.07, 6.45) is -0.534. The third-order valence-electron chi connectivity index (χ3n) is 0.722. The van der Waals surface area contributed by atoms with Crippen molar-refractivity contribution in [2.45, 2.75) is 11.5 Å². The number of alkyl halides is 4. The first-order valence-electron chi connectivity index (χ1n) is 3.23. The molecular weight excluding hydrogens is 246 g/mol. The summed E-state index contributed by atoms with van der Waals surface area (Å²) in [6.45, 7) is -0.0367. The SMILES string of the molecule is OC(CCl)CCl.OCC(Cl)CCl. The van der Waals surface area contributed by atoms with Crippen molar-refractivity contribution in [1.82, 2.24) is 0 Å². The van der Waals surface area contributed by atoms with E-state index in [2.05, 4.69) is 0 Å². The Labute approximate surface area is 92.4 Å². The van der Waals surface area contributed by atoms with Crippen LogP contribution in [0.1, 0.15) is 0 Å². The molecule has 0 radical (unpaired) electrons. The van der Waals surface area contributed by atoms with E-state index in [-0.39, 0.29) is 23.7 Å². The maximum atomic E-state index is 8.40. The van der Waals surface area contributed by atoms with Gasteiger partial charge < -0.3 is 10.2 Å². The van der Waals surface area contributed by atoms with Crippen LogP contribution in [0.3, 0.4) is 0 Å². The first kappa shape index (κ1) is 15.5. The molecule has 0 fully saturated rings. The van der Waals surface area contributed by atoms with Gasteiger partial charge in [-0.25, -0.2) is 0 Å². The molecular formula is C6H12Cl4O2. The quantitative estimate of drug-likeness (QED) is 0.752. The van der Waals surface area contributed by atoms with Crippen LogP contribution in [0, 0.1) is 0 Å². The number of aliphatic hydroxyl groups is 2. The van der Waals surface area contributed by atoms with Crippen LogP contribution in [-0.2, 0) is 0 Å². The van der Waals surface area contributed by atoms with Crippen molar-refractivity contribution in [2.75, 3.05) is 24.2 Å². The van der Waals surface area contributed by atoms with E-state index in [1.807, 2.05) is 0 Å². The van der Waals surface area contributed by atoms with Gasteiger partial charge in [0.05, 0.1) is 18.1 Å². The maximum absolute atomic E-state index is 8.40. The van der Waals surface area contributed by atoms with Gasteiger partial charge in [0, 0.05) is 17.6 Å². The molecule has 1 atom stereocenters. The second kappa shape index (κ2) is 12.1. The van der Waals surface area contributed by atoms with Crippen LogP contribution in [0.4, 0.5) is 0 Å². The molecule has 0 rings (SSSR count). The maximum Gasteiger partial charge on any atom is 0.0810 e. The predicted octanol–water partition coefficient (Wildman–Crippen LogP) is 1.65. The van der Waals surface area contributed by atoms with Crippen molar-refractivity contribution in [2.24, 2.45) is 0 Å². The molecule has 0 spiro atoms. The van der Waals surface area contributed by atoms with Crippen molar-refractivity contribution >= 4 is 46.4 Å². The summed E-state index contributed by atoms with van der Waals surface area (Å²) >= 11 is 20.7. The lowest BCUT2D eigenvalue weighted by Crippen LogP contribution is -2.08. The van der Waals surface area contributed by atoms with Gasteiger partial charge in [-0.1, -0.05) is 0 Å². The summed E-state index contributed by atoms with van der Waals surface area (Å²) in [4.78, 5) is 0. The molecule has 6 heteroatoms. The Morgan fingerprint density at radius 2 is 1.42 bits per heavy atom. The van der Waals surface area contributed by atoms with Crippen molar-refractivity contribution in [3.63, 3.8) is 0 Å². The molecule has 2 N–H and O–H groups in total. The highest BCUT2D eigenvalue weighted by Crippen LogP contribution is 1.94. The number of rotatable bonds is 4. The van der Waals surface area contributed by atoms with E-state index >= 15 is 0 Å². The summed E-state index contributed by atoms with van der Waals surface area (Å²) in [6, 6.07) is 0. The number of hydrogen-bond acceptors (Lipinski definition) is 2. The fourth-order valence-corrected chi connectivity index (χ4v) is 0.518. The van der Waals surface area contributed by atoms with E-state index in [1.165, 1.54) is 0 Å². The van der Waals surface area contributed by atoms with E-state index in [0.29, 0.717) is 5.88 Å². The molecule has 0 heterocycles. The number of halogens is 4. The highest BCUT2D eigenvalue weighted by atomic mass is 35.5. The number of aliphatic hydroxyl groups excluding tert-OH is 2. The van der Waals surface area contributed by atoms with Crippen LogP contribution >= 0.6 is 46.4 Å². The van der Waals surface area contributed by atoms with Crippen LogP contribution in [0.15, 0.2) is 0 Å². The fraction of sp³-hybridized carbons (Fsp3) is 1.00. The van der Waals surface area contributed by atoms with Crippen LogP contribution in [0.25, 0.3) is 0 Å². The Hall–Kier alpha value is 1.08. The van der Waals surface area contributed by atoms with E-state index in [9.17, 15) is 0 Å². The van der Waals surface area contributed by atoms with E-state index in [1.54, 1.807) is 0 Å². The lowest BCUT2D eigenvalue weighted by atomic mass is 10.5. The Balaban J connectivity index is 0. The van der Waals surface area contributed by atoms with Gasteiger partial charge in [0.15, 0.2) is 0 Å². The average molecular weight is 258 g/mol. The summed E-state index contributed by atoms with van der Waals surface area (Å²) in [5.41, 5.74) is 0. The monoisotopic (exact) mass is 256 g/mol. The van der Waals surface area contributed by atoms with Crippen molar-refractivity contribution in [3.8, 4) is 0 Å². The lowest BCUT2D eigenvalue weighted by molar-refractivity contribution is 0.222. The van der Waals surface area contributed by atoms with E-state index in [4.69, 9.17) is 56.6 Å². The molecule has 1 unspecified atom stereocenters. The predicted molar refractivity (Wildman–Crippen MR) is 54.9 cm³/mol. The Kier molecular flexibility index (Phi) is 15.7. The molecule has 0 aromatic carbocycles.